The maximum Gasteiger partial charge on any atom is 0.303 e. The third kappa shape index (κ3) is 3.35. The third-order valence-corrected chi connectivity index (χ3v) is 3.54. The zero-order valence-electron chi connectivity index (χ0n) is 10.2. The Kier molecular flexibility index (Phi) is 4.02. The van der Waals surface area contributed by atoms with Crippen LogP contribution in [-0.2, 0) is 9.59 Å². The molecule has 98 valence electrons. The fourth-order valence-corrected chi connectivity index (χ4v) is 2.52. The van der Waals surface area contributed by atoms with E-state index in [9.17, 15) is 9.59 Å². The molecule has 1 heterocycles. The number of carbonyl (C=O) groups excluding carboxylic acids is 1. The van der Waals surface area contributed by atoms with Crippen LogP contribution < -0.4 is 5.32 Å². The highest BCUT2D eigenvalue weighted by molar-refractivity contribution is 5.91. The quantitative estimate of drug-likeness (QED) is 0.766. The molecule has 18 heavy (non-hydrogen) atoms. The van der Waals surface area contributed by atoms with Crippen molar-refractivity contribution >= 4 is 17.7 Å². The molecule has 0 unspecified atom stereocenters. The number of H-pyrrole nitrogens is 1. The molecule has 5 nitrogen and oxygen atoms in total. The molecular formula is C13H18N2O3. The van der Waals surface area contributed by atoms with Crippen molar-refractivity contribution in [3.8, 4) is 0 Å². The van der Waals surface area contributed by atoms with Crippen molar-refractivity contribution in [3.05, 3.63) is 18.3 Å². The fourth-order valence-electron chi connectivity index (χ4n) is 2.52. The van der Waals surface area contributed by atoms with Crippen LogP contribution in [0.3, 0.4) is 0 Å². The van der Waals surface area contributed by atoms with E-state index in [1.807, 2.05) is 12.1 Å². The topological polar surface area (TPSA) is 82.2 Å². The number of rotatable bonds is 4. The summed E-state index contributed by atoms with van der Waals surface area (Å²) in [6.07, 6.45) is 5.21. The first-order chi connectivity index (χ1) is 8.65. The van der Waals surface area contributed by atoms with Gasteiger partial charge >= 0.3 is 5.97 Å². The van der Waals surface area contributed by atoms with Gasteiger partial charge in [-0.2, -0.15) is 0 Å². The molecule has 0 atom stereocenters. The number of hydrogen-bond acceptors (Lipinski definition) is 2. The molecule has 0 saturated heterocycles. The Bertz CT molecular complexity index is 406. The molecular weight excluding hydrogens is 232 g/mol. The second kappa shape index (κ2) is 5.71. The normalized spacial score (nSPS) is 23.6. The zero-order valence-corrected chi connectivity index (χ0v) is 10.2. The molecule has 1 fully saturated rings. The number of carboxylic acids is 1. The fraction of sp³-hybridized carbons (Fsp3) is 0.538. The van der Waals surface area contributed by atoms with Crippen LogP contribution in [0.4, 0.5) is 5.82 Å². The molecule has 0 radical (unpaired) electrons. The van der Waals surface area contributed by atoms with E-state index in [2.05, 4.69) is 10.3 Å². The van der Waals surface area contributed by atoms with Gasteiger partial charge in [-0.15, -0.1) is 0 Å². The van der Waals surface area contributed by atoms with E-state index in [0.29, 0.717) is 5.82 Å². The number of aromatic nitrogens is 1. The molecule has 1 amide bonds. The van der Waals surface area contributed by atoms with Crippen molar-refractivity contribution in [2.45, 2.75) is 32.1 Å². The molecule has 1 aromatic heterocycles. The van der Waals surface area contributed by atoms with Crippen LogP contribution in [0.2, 0.25) is 0 Å². The van der Waals surface area contributed by atoms with Crippen molar-refractivity contribution in [2.75, 3.05) is 5.32 Å². The van der Waals surface area contributed by atoms with Crippen LogP contribution in [0.5, 0.6) is 0 Å². The molecule has 0 spiro atoms. The van der Waals surface area contributed by atoms with Gasteiger partial charge < -0.3 is 15.4 Å². The maximum absolute atomic E-state index is 11.9. The Hall–Kier alpha value is -1.78. The highest BCUT2D eigenvalue weighted by Crippen LogP contribution is 2.31. The standard InChI is InChI=1S/C13H18N2O3/c16-12(17)8-9-3-5-10(6-4-9)13(18)15-11-2-1-7-14-11/h1-2,7,9-10,14H,3-6,8H2,(H,15,18)(H,16,17). The molecule has 1 aliphatic rings. The first kappa shape index (κ1) is 12.7. The second-order valence-electron chi connectivity index (χ2n) is 4.89. The Balaban J connectivity index is 1.79. The van der Waals surface area contributed by atoms with E-state index in [4.69, 9.17) is 5.11 Å². The van der Waals surface area contributed by atoms with Crippen molar-refractivity contribution in [1.82, 2.24) is 4.98 Å². The molecule has 0 aliphatic heterocycles. The second-order valence-corrected chi connectivity index (χ2v) is 4.89. The van der Waals surface area contributed by atoms with E-state index in [1.165, 1.54) is 0 Å². The van der Waals surface area contributed by atoms with Crippen LogP contribution >= 0.6 is 0 Å². The minimum absolute atomic E-state index is 0.0124. The summed E-state index contributed by atoms with van der Waals surface area (Å²) >= 11 is 0. The van der Waals surface area contributed by atoms with Gasteiger partial charge in [0.2, 0.25) is 5.91 Å². The number of amides is 1. The molecule has 3 N–H and O–H groups in total. The predicted molar refractivity (Wildman–Crippen MR) is 67.1 cm³/mol. The summed E-state index contributed by atoms with van der Waals surface area (Å²) in [5.74, 6) is 0.253. The molecule has 2 rings (SSSR count). The molecule has 1 aromatic rings. The average molecular weight is 250 g/mol. The number of hydrogen-bond donors (Lipinski definition) is 3. The summed E-state index contributed by atoms with van der Waals surface area (Å²) in [6.45, 7) is 0. The zero-order chi connectivity index (χ0) is 13.0. The van der Waals surface area contributed by atoms with Gasteiger partial charge in [0.15, 0.2) is 0 Å². The Morgan fingerprint density at radius 3 is 2.61 bits per heavy atom. The molecule has 5 heteroatoms. The third-order valence-electron chi connectivity index (χ3n) is 3.54. The largest absolute Gasteiger partial charge is 0.481 e. The van der Waals surface area contributed by atoms with E-state index in [0.717, 1.165) is 25.7 Å². The highest BCUT2D eigenvalue weighted by Gasteiger charge is 2.27. The number of anilines is 1. The van der Waals surface area contributed by atoms with Crippen LogP contribution in [0, 0.1) is 11.8 Å². The van der Waals surface area contributed by atoms with Gasteiger partial charge in [-0.25, -0.2) is 0 Å². The van der Waals surface area contributed by atoms with Gasteiger partial charge in [0, 0.05) is 18.5 Å². The minimum atomic E-state index is -0.741. The van der Waals surface area contributed by atoms with E-state index < -0.39 is 5.97 Å². The lowest BCUT2D eigenvalue weighted by molar-refractivity contribution is -0.138. The van der Waals surface area contributed by atoms with E-state index >= 15 is 0 Å². The van der Waals surface area contributed by atoms with Gasteiger partial charge in [-0.1, -0.05) is 0 Å². The number of aliphatic carboxylic acids is 1. The van der Waals surface area contributed by atoms with Crippen molar-refractivity contribution in [2.24, 2.45) is 11.8 Å². The molecule has 0 bridgehead atoms. The predicted octanol–water partition coefficient (Wildman–Crippen LogP) is 2.23. The van der Waals surface area contributed by atoms with E-state index in [1.54, 1.807) is 6.20 Å². The summed E-state index contributed by atoms with van der Waals surface area (Å²) in [7, 11) is 0. The van der Waals surface area contributed by atoms with Gasteiger partial charge in [-0.3, -0.25) is 9.59 Å². The van der Waals surface area contributed by atoms with E-state index in [-0.39, 0.29) is 24.2 Å². The van der Waals surface area contributed by atoms with Crippen molar-refractivity contribution in [3.63, 3.8) is 0 Å². The van der Waals surface area contributed by atoms with Gasteiger partial charge in [0.1, 0.15) is 5.82 Å². The van der Waals surface area contributed by atoms with Crippen molar-refractivity contribution in [1.29, 1.82) is 0 Å². The number of aromatic amines is 1. The first-order valence-corrected chi connectivity index (χ1v) is 6.31. The summed E-state index contributed by atoms with van der Waals surface area (Å²) in [5, 5.41) is 11.6. The lowest BCUT2D eigenvalue weighted by Gasteiger charge is -2.26. The van der Waals surface area contributed by atoms with Gasteiger partial charge in [-0.05, 0) is 43.7 Å². The summed E-state index contributed by atoms with van der Waals surface area (Å²) in [6, 6.07) is 3.65. The Morgan fingerprint density at radius 2 is 2.06 bits per heavy atom. The molecule has 1 aliphatic carbocycles. The van der Waals surface area contributed by atoms with Crippen LogP contribution in [-0.4, -0.2) is 22.0 Å². The maximum atomic E-state index is 11.9. The minimum Gasteiger partial charge on any atom is -0.481 e. The average Bonchev–Trinajstić information content (AvgIpc) is 2.82. The molecule has 1 saturated carbocycles. The first-order valence-electron chi connectivity index (χ1n) is 6.31. The smallest absolute Gasteiger partial charge is 0.303 e. The number of nitrogens with one attached hydrogen (secondary N) is 2. The summed E-state index contributed by atoms with van der Waals surface area (Å²) in [5.41, 5.74) is 0. The van der Waals surface area contributed by atoms with Gasteiger partial charge in [0.25, 0.3) is 0 Å². The number of carbonyl (C=O) groups is 2. The Morgan fingerprint density at radius 1 is 1.33 bits per heavy atom. The van der Waals surface area contributed by atoms with Crippen LogP contribution in [0.1, 0.15) is 32.1 Å². The highest BCUT2D eigenvalue weighted by atomic mass is 16.4. The monoisotopic (exact) mass is 250 g/mol. The van der Waals surface area contributed by atoms with Gasteiger partial charge in [0.05, 0.1) is 0 Å². The van der Waals surface area contributed by atoms with Crippen molar-refractivity contribution < 1.29 is 14.7 Å². The summed E-state index contributed by atoms with van der Waals surface area (Å²) in [4.78, 5) is 25.5. The lowest BCUT2D eigenvalue weighted by Crippen LogP contribution is -2.27. The Labute approximate surface area is 106 Å². The van der Waals surface area contributed by atoms with Crippen LogP contribution in [0.15, 0.2) is 18.3 Å². The SMILES string of the molecule is O=C(O)CC1CCC(C(=O)Nc2ccc[nH]2)CC1. The molecule has 0 aromatic carbocycles. The lowest BCUT2D eigenvalue weighted by atomic mass is 9.80. The summed E-state index contributed by atoms with van der Waals surface area (Å²) < 4.78 is 0. The van der Waals surface area contributed by atoms with Crippen LogP contribution in [0.25, 0.3) is 0 Å². The number of carboxylic acid groups (broad SMARTS) is 1.